The molecule has 1 aromatic carbocycles. The Morgan fingerprint density at radius 2 is 1.95 bits per heavy atom. The van der Waals surface area contributed by atoms with Gasteiger partial charge in [0.25, 0.3) is 5.91 Å². The van der Waals surface area contributed by atoms with Gasteiger partial charge in [-0.05, 0) is 47.3 Å². The Balaban J connectivity index is 2.07. The number of halogens is 1. The number of carbonyl (C=O) groups is 2. The number of carbonyl (C=O) groups excluding carboxylic acids is 2. The summed E-state index contributed by atoms with van der Waals surface area (Å²) in [6.45, 7) is 3.12. The van der Waals surface area contributed by atoms with Crippen molar-refractivity contribution in [3.63, 3.8) is 0 Å². The highest BCUT2D eigenvalue weighted by atomic mass is 79.9. The van der Waals surface area contributed by atoms with Gasteiger partial charge in [-0.2, -0.15) is 0 Å². The van der Waals surface area contributed by atoms with Crippen molar-refractivity contribution in [2.45, 2.75) is 19.8 Å². The lowest BCUT2D eigenvalue weighted by Crippen LogP contribution is -2.40. The van der Waals surface area contributed by atoms with Gasteiger partial charge in [-0.3, -0.25) is 9.59 Å². The maximum atomic E-state index is 12.6. The average molecular weight is 340 g/mol. The molecular weight excluding hydrogens is 322 g/mol. The topological polar surface area (TPSA) is 46.6 Å². The normalized spacial score (nSPS) is 16.1. The van der Waals surface area contributed by atoms with E-state index in [1.165, 1.54) is 7.11 Å². The second-order valence-electron chi connectivity index (χ2n) is 5.02. The maximum absolute atomic E-state index is 12.6. The molecular formula is C15H18BrNO3. The molecule has 1 heterocycles. The third kappa shape index (κ3) is 3.03. The smallest absolute Gasteiger partial charge is 0.308 e. The summed E-state index contributed by atoms with van der Waals surface area (Å²) >= 11 is 3.44. The predicted octanol–water partition coefficient (Wildman–Crippen LogP) is 2.78. The molecule has 0 atom stereocenters. The van der Waals surface area contributed by atoms with Gasteiger partial charge in [0.1, 0.15) is 0 Å². The second kappa shape index (κ2) is 6.39. The fourth-order valence-corrected chi connectivity index (χ4v) is 3.18. The molecule has 1 aliphatic rings. The Bertz CT molecular complexity index is 502. The molecule has 0 spiro atoms. The first-order valence-electron chi connectivity index (χ1n) is 6.66. The summed E-state index contributed by atoms with van der Waals surface area (Å²) in [6.07, 6.45) is 1.34. The van der Waals surface area contributed by atoms with Crippen LogP contribution in [-0.4, -0.2) is 37.0 Å². The van der Waals surface area contributed by atoms with Crippen molar-refractivity contribution in [2.24, 2.45) is 5.92 Å². The summed E-state index contributed by atoms with van der Waals surface area (Å²) in [5.41, 5.74) is 1.67. The van der Waals surface area contributed by atoms with Crippen LogP contribution in [0.5, 0.6) is 0 Å². The number of methoxy groups -OCH3 is 1. The van der Waals surface area contributed by atoms with Crippen LogP contribution in [0.25, 0.3) is 0 Å². The standard InChI is InChI=1S/C15H18BrNO3/c1-10-4-3-5-12(16)13(10)14(18)17-8-6-11(7-9-17)15(19)20-2/h3-5,11H,6-9H2,1-2H3. The molecule has 4 nitrogen and oxygen atoms in total. The van der Waals surface area contributed by atoms with E-state index in [4.69, 9.17) is 4.74 Å². The molecule has 0 unspecified atom stereocenters. The Morgan fingerprint density at radius 1 is 1.30 bits per heavy atom. The number of likely N-dealkylation sites (tertiary alicyclic amines) is 1. The highest BCUT2D eigenvalue weighted by Gasteiger charge is 2.29. The number of benzene rings is 1. The monoisotopic (exact) mass is 339 g/mol. The molecule has 0 aliphatic carbocycles. The van der Waals surface area contributed by atoms with Gasteiger partial charge in [-0.25, -0.2) is 0 Å². The first-order valence-corrected chi connectivity index (χ1v) is 7.46. The van der Waals surface area contributed by atoms with E-state index in [0.29, 0.717) is 31.5 Å². The van der Waals surface area contributed by atoms with Crippen LogP contribution in [0.4, 0.5) is 0 Å². The number of esters is 1. The lowest BCUT2D eigenvalue weighted by atomic mass is 9.96. The van der Waals surface area contributed by atoms with E-state index in [1.54, 1.807) is 0 Å². The lowest BCUT2D eigenvalue weighted by molar-refractivity contribution is -0.146. The third-order valence-electron chi connectivity index (χ3n) is 3.75. The molecule has 1 saturated heterocycles. The van der Waals surface area contributed by atoms with Gasteiger partial charge in [0.2, 0.25) is 0 Å². The van der Waals surface area contributed by atoms with Crippen LogP contribution < -0.4 is 0 Å². The molecule has 0 radical (unpaired) electrons. The highest BCUT2D eigenvalue weighted by Crippen LogP contribution is 2.25. The fourth-order valence-electron chi connectivity index (χ4n) is 2.55. The van der Waals surface area contributed by atoms with Crippen LogP contribution in [0.3, 0.4) is 0 Å². The van der Waals surface area contributed by atoms with Crippen molar-refractivity contribution in [2.75, 3.05) is 20.2 Å². The summed E-state index contributed by atoms with van der Waals surface area (Å²) < 4.78 is 5.58. The largest absolute Gasteiger partial charge is 0.469 e. The SMILES string of the molecule is COC(=O)C1CCN(C(=O)c2c(C)cccc2Br)CC1. The van der Waals surface area contributed by atoms with Crippen molar-refractivity contribution in [3.05, 3.63) is 33.8 Å². The zero-order chi connectivity index (χ0) is 14.7. The van der Waals surface area contributed by atoms with Gasteiger partial charge >= 0.3 is 5.97 Å². The summed E-state index contributed by atoms with van der Waals surface area (Å²) in [6, 6.07) is 5.72. The molecule has 20 heavy (non-hydrogen) atoms. The van der Waals surface area contributed by atoms with Crippen LogP contribution in [0.1, 0.15) is 28.8 Å². The summed E-state index contributed by atoms with van der Waals surface area (Å²) in [5, 5.41) is 0. The predicted molar refractivity (Wildman–Crippen MR) is 79.5 cm³/mol. The zero-order valence-corrected chi connectivity index (χ0v) is 13.3. The number of nitrogens with zero attached hydrogens (tertiary/aromatic N) is 1. The minimum atomic E-state index is -0.172. The minimum absolute atomic E-state index is 0.0262. The Hall–Kier alpha value is -1.36. The van der Waals surface area contributed by atoms with E-state index < -0.39 is 0 Å². The molecule has 1 aromatic rings. The van der Waals surface area contributed by atoms with E-state index in [1.807, 2.05) is 30.0 Å². The first kappa shape index (κ1) is 15.0. The number of hydrogen-bond acceptors (Lipinski definition) is 3. The molecule has 1 aliphatic heterocycles. The molecule has 0 bridgehead atoms. The third-order valence-corrected chi connectivity index (χ3v) is 4.41. The minimum Gasteiger partial charge on any atom is -0.469 e. The van der Waals surface area contributed by atoms with Gasteiger partial charge < -0.3 is 9.64 Å². The number of aryl methyl sites for hydroxylation is 1. The quantitative estimate of drug-likeness (QED) is 0.778. The molecule has 0 aromatic heterocycles. The number of ether oxygens (including phenoxy) is 1. The molecule has 2 rings (SSSR count). The van der Waals surface area contributed by atoms with Crippen LogP contribution >= 0.6 is 15.9 Å². The summed E-state index contributed by atoms with van der Waals surface area (Å²) in [7, 11) is 1.41. The van der Waals surface area contributed by atoms with Gasteiger partial charge in [-0.1, -0.05) is 12.1 Å². The van der Waals surface area contributed by atoms with E-state index in [-0.39, 0.29) is 17.8 Å². The van der Waals surface area contributed by atoms with Gasteiger partial charge in [0, 0.05) is 17.6 Å². The van der Waals surface area contributed by atoms with E-state index in [2.05, 4.69) is 15.9 Å². The van der Waals surface area contributed by atoms with E-state index >= 15 is 0 Å². The number of hydrogen-bond donors (Lipinski definition) is 0. The Labute approximate surface area is 127 Å². The maximum Gasteiger partial charge on any atom is 0.308 e. The zero-order valence-electron chi connectivity index (χ0n) is 11.7. The van der Waals surface area contributed by atoms with Crippen molar-refractivity contribution in [1.29, 1.82) is 0 Å². The molecule has 108 valence electrons. The molecule has 0 saturated carbocycles. The Morgan fingerprint density at radius 3 is 2.50 bits per heavy atom. The second-order valence-corrected chi connectivity index (χ2v) is 5.88. The number of rotatable bonds is 2. The van der Waals surface area contributed by atoms with E-state index in [0.717, 1.165) is 10.0 Å². The number of piperidine rings is 1. The molecule has 0 N–H and O–H groups in total. The van der Waals surface area contributed by atoms with Gasteiger partial charge in [0.05, 0.1) is 18.6 Å². The first-order chi connectivity index (χ1) is 9.54. The van der Waals surface area contributed by atoms with Crippen LogP contribution in [0, 0.1) is 12.8 Å². The lowest BCUT2D eigenvalue weighted by Gasteiger charge is -2.31. The van der Waals surface area contributed by atoms with Gasteiger partial charge in [-0.15, -0.1) is 0 Å². The van der Waals surface area contributed by atoms with Gasteiger partial charge in [0.15, 0.2) is 0 Å². The fraction of sp³-hybridized carbons (Fsp3) is 0.467. The summed E-state index contributed by atoms with van der Waals surface area (Å²) in [5.74, 6) is -0.225. The molecule has 1 fully saturated rings. The van der Waals surface area contributed by atoms with Crippen LogP contribution in [-0.2, 0) is 9.53 Å². The Kier molecular flexibility index (Phi) is 4.81. The highest BCUT2D eigenvalue weighted by molar-refractivity contribution is 9.10. The van der Waals surface area contributed by atoms with Crippen molar-refractivity contribution >= 4 is 27.8 Å². The van der Waals surface area contributed by atoms with Crippen LogP contribution in [0.2, 0.25) is 0 Å². The van der Waals surface area contributed by atoms with Crippen molar-refractivity contribution in [1.82, 2.24) is 4.90 Å². The van der Waals surface area contributed by atoms with E-state index in [9.17, 15) is 9.59 Å². The molecule has 1 amide bonds. The van der Waals surface area contributed by atoms with Crippen molar-refractivity contribution < 1.29 is 14.3 Å². The van der Waals surface area contributed by atoms with Crippen molar-refractivity contribution in [3.8, 4) is 0 Å². The molecule has 5 heteroatoms. The summed E-state index contributed by atoms with van der Waals surface area (Å²) in [4.78, 5) is 25.9. The van der Waals surface area contributed by atoms with Crippen LogP contribution in [0.15, 0.2) is 22.7 Å². The average Bonchev–Trinajstić information content (AvgIpc) is 2.46. The number of amides is 1.